The number of aromatic nitrogens is 2. The fourth-order valence-corrected chi connectivity index (χ4v) is 3.18. The van der Waals surface area contributed by atoms with Gasteiger partial charge in [0.2, 0.25) is 0 Å². The van der Waals surface area contributed by atoms with Crippen LogP contribution in [0.4, 0.5) is 5.69 Å². The Kier molecular flexibility index (Phi) is 5.61. The maximum absolute atomic E-state index is 12.1. The number of nitrogens with zero attached hydrogens (tertiary/aromatic N) is 3. The molecule has 0 bridgehead atoms. The second-order valence-corrected chi connectivity index (χ2v) is 5.88. The average Bonchev–Trinajstić information content (AvgIpc) is 2.52. The molecular weight excluding hydrogens is 292 g/mol. The highest BCUT2D eigenvalue weighted by Gasteiger charge is 2.25. The lowest BCUT2D eigenvalue weighted by molar-refractivity contribution is 0.266. The van der Waals surface area contributed by atoms with Crippen LogP contribution in [0.3, 0.4) is 0 Å². The summed E-state index contributed by atoms with van der Waals surface area (Å²) >= 11 is 6.20. The van der Waals surface area contributed by atoms with Crippen LogP contribution in [-0.2, 0) is 6.54 Å². The summed E-state index contributed by atoms with van der Waals surface area (Å²) in [7, 11) is 3.96. The van der Waals surface area contributed by atoms with Crippen molar-refractivity contribution in [3.8, 4) is 0 Å². The minimum atomic E-state index is -0.348. The summed E-state index contributed by atoms with van der Waals surface area (Å²) in [6.45, 7) is 0.0300. The number of aliphatic hydroxyl groups excluding tert-OH is 1. The Morgan fingerprint density at radius 2 is 2.14 bits per heavy atom. The van der Waals surface area contributed by atoms with Gasteiger partial charge in [0.15, 0.2) is 0 Å². The molecule has 0 saturated heterocycles. The van der Waals surface area contributed by atoms with E-state index in [1.165, 1.54) is 4.68 Å². The molecule has 0 aromatic carbocycles. The van der Waals surface area contributed by atoms with Crippen LogP contribution < -0.4 is 15.8 Å². The van der Waals surface area contributed by atoms with Crippen LogP contribution in [0.15, 0.2) is 11.0 Å². The van der Waals surface area contributed by atoms with E-state index in [0.717, 1.165) is 25.7 Å². The topological polar surface area (TPSA) is 70.4 Å². The summed E-state index contributed by atoms with van der Waals surface area (Å²) in [5.41, 5.74) is 0.322. The van der Waals surface area contributed by atoms with Gasteiger partial charge >= 0.3 is 0 Å². The van der Waals surface area contributed by atoms with E-state index in [-0.39, 0.29) is 23.7 Å². The molecule has 7 heteroatoms. The normalized spacial score (nSPS) is 22.3. The van der Waals surface area contributed by atoms with Crippen LogP contribution in [0.25, 0.3) is 0 Å². The molecule has 2 N–H and O–H groups in total. The fraction of sp³-hybridized carbons (Fsp3) is 0.714. The van der Waals surface area contributed by atoms with Gasteiger partial charge in [0.05, 0.1) is 25.0 Å². The van der Waals surface area contributed by atoms with Gasteiger partial charge in [0, 0.05) is 19.1 Å². The monoisotopic (exact) mass is 314 g/mol. The standard InChI is InChI=1S/C14H23ClN4O2/c1-16-10-3-5-11(6-4-10)18(2)12-9-17-19(7-8-20)14(21)13(12)15/h9-11,16,20H,3-8H2,1-2H3. The zero-order chi connectivity index (χ0) is 15.4. The van der Waals surface area contributed by atoms with Crippen molar-refractivity contribution < 1.29 is 5.11 Å². The van der Waals surface area contributed by atoms with E-state index in [0.29, 0.717) is 17.8 Å². The highest BCUT2D eigenvalue weighted by molar-refractivity contribution is 6.33. The molecule has 1 aliphatic carbocycles. The number of rotatable bonds is 5. The zero-order valence-electron chi connectivity index (χ0n) is 12.5. The van der Waals surface area contributed by atoms with Crippen molar-refractivity contribution in [3.63, 3.8) is 0 Å². The van der Waals surface area contributed by atoms with Gasteiger partial charge in [-0.2, -0.15) is 5.10 Å². The number of aliphatic hydroxyl groups is 1. The van der Waals surface area contributed by atoms with Gasteiger partial charge in [-0.15, -0.1) is 0 Å². The minimum Gasteiger partial charge on any atom is -0.394 e. The number of halogens is 1. The molecule has 1 fully saturated rings. The Balaban J connectivity index is 2.14. The van der Waals surface area contributed by atoms with Crippen LogP contribution in [-0.4, -0.2) is 47.7 Å². The van der Waals surface area contributed by atoms with Gasteiger partial charge in [0.25, 0.3) is 5.56 Å². The first-order valence-corrected chi connectivity index (χ1v) is 7.72. The minimum absolute atomic E-state index is 0.132. The van der Waals surface area contributed by atoms with E-state index in [1.54, 1.807) is 6.20 Å². The van der Waals surface area contributed by atoms with Crippen molar-refractivity contribution in [2.75, 3.05) is 25.6 Å². The maximum atomic E-state index is 12.1. The summed E-state index contributed by atoms with van der Waals surface area (Å²) in [5, 5.41) is 16.5. The molecule has 21 heavy (non-hydrogen) atoms. The van der Waals surface area contributed by atoms with Gasteiger partial charge in [-0.05, 0) is 32.7 Å². The van der Waals surface area contributed by atoms with E-state index in [2.05, 4.69) is 15.3 Å². The second-order valence-electron chi connectivity index (χ2n) is 5.50. The van der Waals surface area contributed by atoms with Crippen molar-refractivity contribution in [1.82, 2.24) is 15.1 Å². The van der Waals surface area contributed by atoms with Gasteiger partial charge < -0.3 is 15.3 Å². The van der Waals surface area contributed by atoms with E-state index in [9.17, 15) is 4.79 Å². The van der Waals surface area contributed by atoms with Gasteiger partial charge in [0.1, 0.15) is 5.02 Å². The van der Waals surface area contributed by atoms with E-state index in [4.69, 9.17) is 16.7 Å². The molecule has 1 aromatic rings. The molecule has 0 spiro atoms. The molecule has 1 saturated carbocycles. The summed E-state index contributed by atoms with van der Waals surface area (Å²) in [5.74, 6) is 0. The van der Waals surface area contributed by atoms with Crippen LogP contribution in [0.5, 0.6) is 0 Å². The Morgan fingerprint density at radius 1 is 1.48 bits per heavy atom. The first kappa shape index (κ1) is 16.3. The molecule has 1 aromatic heterocycles. The van der Waals surface area contributed by atoms with E-state index >= 15 is 0 Å². The Hall–Kier alpha value is -1.11. The number of hydrogen-bond acceptors (Lipinski definition) is 5. The molecule has 1 heterocycles. The number of anilines is 1. The molecule has 2 rings (SSSR count). The molecule has 118 valence electrons. The lowest BCUT2D eigenvalue weighted by Crippen LogP contribution is -2.40. The Bertz CT molecular complexity index is 526. The fourth-order valence-electron chi connectivity index (χ4n) is 2.90. The molecule has 0 atom stereocenters. The molecule has 0 unspecified atom stereocenters. The van der Waals surface area contributed by atoms with Gasteiger partial charge in [-0.3, -0.25) is 4.79 Å². The molecular formula is C14H23ClN4O2. The maximum Gasteiger partial charge on any atom is 0.287 e. The SMILES string of the molecule is CNC1CCC(N(C)c2cnn(CCO)c(=O)c2Cl)CC1. The van der Waals surface area contributed by atoms with Crippen molar-refractivity contribution >= 4 is 17.3 Å². The molecule has 0 aliphatic heterocycles. The quantitative estimate of drug-likeness (QED) is 0.843. The second kappa shape index (κ2) is 7.24. The Morgan fingerprint density at radius 3 is 2.71 bits per heavy atom. The lowest BCUT2D eigenvalue weighted by atomic mass is 9.90. The smallest absolute Gasteiger partial charge is 0.287 e. The predicted octanol–water partition coefficient (Wildman–Crippen LogP) is 0.856. The first-order valence-electron chi connectivity index (χ1n) is 7.35. The van der Waals surface area contributed by atoms with Crippen molar-refractivity contribution in [3.05, 3.63) is 21.6 Å². The molecule has 0 amide bonds. The molecule has 6 nitrogen and oxygen atoms in total. The number of hydrogen-bond donors (Lipinski definition) is 2. The summed E-state index contributed by atoms with van der Waals surface area (Å²) in [6.07, 6.45) is 6.00. The highest BCUT2D eigenvalue weighted by Crippen LogP contribution is 2.28. The summed E-state index contributed by atoms with van der Waals surface area (Å²) in [4.78, 5) is 14.1. The zero-order valence-corrected chi connectivity index (χ0v) is 13.3. The average molecular weight is 315 g/mol. The van der Waals surface area contributed by atoms with Crippen LogP contribution >= 0.6 is 11.6 Å². The van der Waals surface area contributed by atoms with Crippen molar-refractivity contribution in [2.45, 2.75) is 44.3 Å². The van der Waals surface area contributed by atoms with E-state index in [1.807, 2.05) is 14.1 Å². The van der Waals surface area contributed by atoms with Crippen LogP contribution in [0.1, 0.15) is 25.7 Å². The third-order valence-electron chi connectivity index (χ3n) is 4.31. The third kappa shape index (κ3) is 3.56. The lowest BCUT2D eigenvalue weighted by Gasteiger charge is -2.36. The molecule has 0 radical (unpaired) electrons. The predicted molar refractivity (Wildman–Crippen MR) is 84.1 cm³/mol. The number of nitrogens with one attached hydrogen (secondary N) is 1. The Labute approximate surface area is 129 Å². The van der Waals surface area contributed by atoms with E-state index < -0.39 is 0 Å². The summed E-state index contributed by atoms with van der Waals surface area (Å²) in [6, 6.07) is 0.961. The van der Waals surface area contributed by atoms with Crippen molar-refractivity contribution in [1.29, 1.82) is 0 Å². The highest BCUT2D eigenvalue weighted by atomic mass is 35.5. The van der Waals surface area contributed by atoms with Gasteiger partial charge in [-0.25, -0.2) is 4.68 Å². The van der Waals surface area contributed by atoms with Crippen LogP contribution in [0, 0.1) is 0 Å². The first-order chi connectivity index (χ1) is 10.1. The van der Waals surface area contributed by atoms with Crippen molar-refractivity contribution in [2.24, 2.45) is 0 Å². The third-order valence-corrected chi connectivity index (χ3v) is 4.67. The summed E-state index contributed by atoms with van der Waals surface area (Å²) < 4.78 is 1.19. The largest absolute Gasteiger partial charge is 0.394 e. The van der Waals surface area contributed by atoms with Crippen LogP contribution in [0.2, 0.25) is 5.02 Å². The molecule has 1 aliphatic rings. The van der Waals surface area contributed by atoms with Gasteiger partial charge in [-0.1, -0.05) is 11.6 Å².